The van der Waals surface area contributed by atoms with E-state index in [1.807, 2.05) is 6.92 Å². The van der Waals surface area contributed by atoms with Gasteiger partial charge in [-0.2, -0.15) is 0 Å². The van der Waals surface area contributed by atoms with Crippen molar-refractivity contribution in [1.82, 2.24) is 9.80 Å². The number of likely N-dealkylation sites (N-methyl/N-ethyl adjacent to an activating group) is 1. The molecular weight excluding hydrogens is 348 g/mol. The third-order valence-electron chi connectivity index (χ3n) is 6.24. The SMILES string of the molecule is COc1ccc(C(O)CN2C(=O)N(C)C(C)(C3CCCCC3)C2=O)cc1O. The number of β-amino-alcohol motifs (C(OH)–C–C–N with tert-alkyl or cyclic N) is 1. The van der Waals surface area contributed by atoms with Gasteiger partial charge in [-0.15, -0.1) is 0 Å². The number of urea groups is 1. The Morgan fingerprint density at radius 1 is 1.26 bits per heavy atom. The molecule has 1 heterocycles. The lowest BCUT2D eigenvalue weighted by molar-refractivity contribution is -0.136. The van der Waals surface area contributed by atoms with Gasteiger partial charge in [-0.05, 0) is 43.4 Å². The summed E-state index contributed by atoms with van der Waals surface area (Å²) in [5.41, 5.74) is -0.443. The van der Waals surface area contributed by atoms with Crippen LogP contribution in [0, 0.1) is 5.92 Å². The van der Waals surface area contributed by atoms with Crippen molar-refractivity contribution in [2.24, 2.45) is 5.92 Å². The average Bonchev–Trinajstić information content (AvgIpc) is 2.84. The van der Waals surface area contributed by atoms with E-state index in [-0.39, 0.29) is 30.2 Å². The Hall–Kier alpha value is -2.28. The zero-order valence-corrected chi connectivity index (χ0v) is 16.1. The minimum absolute atomic E-state index is 0.0997. The van der Waals surface area contributed by atoms with Gasteiger partial charge in [0.05, 0.1) is 19.8 Å². The number of phenolic OH excluding ortho intramolecular Hbond substituents is 1. The van der Waals surface area contributed by atoms with Crippen molar-refractivity contribution in [3.8, 4) is 11.5 Å². The van der Waals surface area contributed by atoms with Gasteiger partial charge in [-0.3, -0.25) is 9.69 Å². The summed E-state index contributed by atoms with van der Waals surface area (Å²) in [5.74, 6) is 0.0831. The number of benzene rings is 1. The summed E-state index contributed by atoms with van der Waals surface area (Å²) in [6.45, 7) is 1.70. The highest BCUT2D eigenvalue weighted by Crippen LogP contribution is 2.41. The van der Waals surface area contributed by atoms with Crippen molar-refractivity contribution in [1.29, 1.82) is 0 Å². The van der Waals surface area contributed by atoms with Crippen LogP contribution in [-0.2, 0) is 4.79 Å². The van der Waals surface area contributed by atoms with E-state index < -0.39 is 11.6 Å². The van der Waals surface area contributed by atoms with Crippen molar-refractivity contribution in [3.63, 3.8) is 0 Å². The second-order valence-corrected chi connectivity index (χ2v) is 7.69. The molecule has 3 rings (SSSR count). The predicted octanol–water partition coefficient (Wildman–Crippen LogP) is 2.67. The van der Waals surface area contributed by atoms with E-state index in [0.717, 1.165) is 30.6 Å². The lowest BCUT2D eigenvalue weighted by Crippen LogP contribution is -2.52. The summed E-state index contributed by atoms with van der Waals surface area (Å²) in [6, 6.07) is 4.15. The van der Waals surface area contributed by atoms with E-state index in [1.165, 1.54) is 24.5 Å². The topological polar surface area (TPSA) is 90.3 Å². The van der Waals surface area contributed by atoms with Crippen LogP contribution < -0.4 is 4.74 Å². The highest BCUT2D eigenvalue weighted by atomic mass is 16.5. The Kier molecular flexibility index (Phi) is 5.33. The monoisotopic (exact) mass is 376 g/mol. The van der Waals surface area contributed by atoms with E-state index in [9.17, 15) is 19.8 Å². The van der Waals surface area contributed by atoms with Crippen molar-refractivity contribution in [3.05, 3.63) is 23.8 Å². The summed E-state index contributed by atoms with van der Waals surface area (Å²) < 4.78 is 5.00. The quantitative estimate of drug-likeness (QED) is 0.771. The van der Waals surface area contributed by atoms with Gasteiger partial charge in [0.15, 0.2) is 11.5 Å². The molecule has 2 aliphatic rings. The molecule has 7 heteroatoms. The molecule has 1 aliphatic heterocycles. The van der Waals surface area contributed by atoms with Crippen LogP contribution in [0.4, 0.5) is 4.79 Å². The molecule has 27 heavy (non-hydrogen) atoms. The van der Waals surface area contributed by atoms with Gasteiger partial charge in [0.2, 0.25) is 0 Å². The number of methoxy groups -OCH3 is 1. The molecular formula is C20H28N2O5. The number of rotatable bonds is 5. The molecule has 1 aromatic rings. The van der Waals surface area contributed by atoms with E-state index >= 15 is 0 Å². The molecule has 2 unspecified atom stereocenters. The zero-order chi connectivity index (χ0) is 19.8. The summed E-state index contributed by atoms with van der Waals surface area (Å²) in [6.07, 6.45) is 4.09. The van der Waals surface area contributed by atoms with E-state index in [1.54, 1.807) is 19.2 Å². The standard InChI is InChI=1S/C20H28N2O5/c1-20(14-7-5-4-6-8-14)18(25)22(19(26)21(20)2)12-16(24)13-9-10-17(27-3)15(23)11-13/h9-11,14,16,23-24H,4-8,12H2,1-3H3. The van der Waals surface area contributed by atoms with E-state index in [2.05, 4.69) is 0 Å². The number of amides is 3. The second kappa shape index (κ2) is 7.38. The van der Waals surface area contributed by atoms with Crippen molar-refractivity contribution < 1.29 is 24.5 Å². The maximum Gasteiger partial charge on any atom is 0.327 e. The number of aliphatic hydroxyl groups is 1. The Morgan fingerprint density at radius 2 is 1.93 bits per heavy atom. The first kappa shape index (κ1) is 19.5. The molecule has 0 bridgehead atoms. The molecule has 2 atom stereocenters. The molecule has 2 N–H and O–H groups in total. The maximum atomic E-state index is 13.2. The van der Waals surface area contributed by atoms with Crippen molar-refractivity contribution in [2.45, 2.75) is 50.7 Å². The highest BCUT2D eigenvalue weighted by Gasteiger charge is 2.56. The molecule has 3 amide bonds. The average molecular weight is 376 g/mol. The fraction of sp³-hybridized carbons (Fsp3) is 0.600. The fourth-order valence-corrected chi connectivity index (χ4v) is 4.35. The fourth-order valence-electron chi connectivity index (χ4n) is 4.35. The number of aromatic hydroxyl groups is 1. The normalized spacial score (nSPS) is 25.2. The minimum Gasteiger partial charge on any atom is -0.504 e. The van der Waals surface area contributed by atoms with E-state index in [0.29, 0.717) is 11.3 Å². The molecule has 0 spiro atoms. The van der Waals surface area contributed by atoms with Gasteiger partial charge in [0, 0.05) is 7.05 Å². The zero-order valence-electron chi connectivity index (χ0n) is 16.1. The van der Waals surface area contributed by atoms with Crippen LogP contribution in [-0.4, -0.2) is 58.2 Å². The van der Waals surface area contributed by atoms with Crippen LogP contribution in [0.5, 0.6) is 11.5 Å². The number of aliphatic hydroxyl groups excluding tert-OH is 1. The molecule has 1 saturated carbocycles. The third-order valence-corrected chi connectivity index (χ3v) is 6.24. The first-order chi connectivity index (χ1) is 12.8. The number of ether oxygens (including phenoxy) is 1. The number of phenols is 1. The second-order valence-electron chi connectivity index (χ2n) is 7.69. The molecule has 148 valence electrons. The summed E-state index contributed by atoms with van der Waals surface area (Å²) in [4.78, 5) is 28.6. The first-order valence-electron chi connectivity index (χ1n) is 9.45. The third kappa shape index (κ3) is 3.25. The van der Waals surface area contributed by atoms with Crippen LogP contribution in [0.15, 0.2) is 18.2 Å². The highest BCUT2D eigenvalue weighted by molar-refractivity contribution is 6.06. The number of carbonyl (C=O) groups excluding carboxylic acids is 2. The molecule has 7 nitrogen and oxygen atoms in total. The van der Waals surface area contributed by atoms with Crippen LogP contribution in [0.3, 0.4) is 0 Å². The number of hydrogen-bond acceptors (Lipinski definition) is 5. The smallest absolute Gasteiger partial charge is 0.327 e. The molecule has 0 aromatic heterocycles. The van der Waals surface area contributed by atoms with Crippen LogP contribution in [0.2, 0.25) is 0 Å². The number of nitrogens with zero attached hydrogens (tertiary/aromatic N) is 2. The van der Waals surface area contributed by atoms with Crippen LogP contribution >= 0.6 is 0 Å². The number of carbonyl (C=O) groups is 2. The molecule has 0 radical (unpaired) electrons. The summed E-state index contributed by atoms with van der Waals surface area (Å²) >= 11 is 0. The minimum atomic E-state index is -1.09. The Bertz CT molecular complexity index is 731. The van der Waals surface area contributed by atoms with Gasteiger partial charge in [-0.25, -0.2) is 4.79 Å². The molecule has 1 aromatic carbocycles. The van der Waals surface area contributed by atoms with Gasteiger partial charge < -0.3 is 19.8 Å². The molecule has 2 fully saturated rings. The number of hydrogen-bond donors (Lipinski definition) is 2. The Labute approximate surface area is 159 Å². The van der Waals surface area contributed by atoms with Gasteiger partial charge in [0.25, 0.3) is 5.91 Å². The molecule has 1 saturated heterocycles. The van der Waals surface area contributed by atoms with Crippen LogP contribution in [0.1, 0.15) is 50.7 Å². The molecule has 1 aliphatic carbocycles. The van der Waals surface area contributed by atoms with E-state index in [4.69, 9.17) is 4.74 Å². The van der Waals surface area contributed by atoms with Gasteiger partial charge >= 0.3 is 6.03 Å². The maximum absolute atomic E-state index is 13.2. The summed E-state index contributed by atoms with van der Waals surface area (Å²) in [7, 11) is 3.11. The van der Waals surface area contributed by atoms with Gasteiger partial charge in [-0.1, -0.05) is 25.3 Å². The van der Waals surface area contributed by atoms with Crippen molar-refractivity contribution >= 4 is 11.9 Å². The lowest BCUT2D eigenvalue weighted by Gasteiger charge is -2.38. The lowest BCUT2D eigenvalue weighted by atomic mass is 9.75. The largest absolute Gasteiger partial charge is 0.504 e. The first-order valence-corrected chi connectivity index (χ1v) is 9.45. The van der Waals surface area contributed by atoms with Crippen molar-refractivity contribution in [2.75, 3.05) is 20.7 Å². The van der Waals surface area contributed by atoms with Crippen LogP contribution in [0.25, 0.3) is 0 Å². The Balaban J connectivity index is 1.79. The predicted molar refractivity (Wildman–Crippen MR) is 99.5 cm³/mol. The summed E-state index contributed by atoms with van der Waals surface area (Å²) in [5, 5.41) is 20.5. The Morgan fingerprint density at radius 3 is 2.52 bits per heavy atom. The number of imide groups is 1. The van der Waals surface area contributed by atoms with Gasteiger partial charge in [0.1, 0.15) is 5.54 Å².